The normalized spacial score (nSPS) is 14.9. The van der Waals surface area contributed by atoms with Gasteiger partial charge in [-0.05, 0) is 37.3 Å². The molecule has 2 aromatic carbocycles. The molecule has 0 N–H and O–H groups in total. The highest BCUT2D eigenvalue weighted by Crippen LogP contribution is 2.39. The van der Waals surface area contributed by atoms with Crippen LogP contribution in [0.15, 0.2) is 47.4 Å². The summed E-state index contributed by atoms with van der Waals surface area (Å²) in [6.07, 6.45) is 1.60. The minimum absolute atomic E-state index is 0.240. The first kappa shape index (κ1) is 21.8. The molecule has 1 heterocycles. The van der Waals surface area contributed by atoms with Crippen LogP contribution in [0.2, 0.25) is 0 Å². The van der Waals surface area contributed by atoms with E-state index in [1.165, 1.54) is 30.2 Å². The quantitative estimate of drug-likeness (QED) is 0.358. The molecule has 0 radical (unpaired) electrons. The second-order valence-corrected chi connectivity index (χ2v) is 7.65. The summed E-state index contributed by atoms with van der Waals surface area (Å²) < 4.78 is 29.7. The highest BCUT2D eigenvalue weighted by Gasteiger charge is 2.33. The van der Waals surface area contributed by atoms with E-state index in [9.17, 15) is 14.0 Å². The Morgan fingerprint density at radius 1 is 1.27 bits per heavy atom. The summed E-state index contributed by atoms with van der Waals surface area (Å²) in [5.74, 6) is -0.674. The maximum atomic E-state index is 13.6. The lowest BCUT2D eigenvalue weighted by Crippen LogP contribution is -2.27. The van der Waals surface area contributed by atoms with E-state index in [0.29, 0.717) is 27.7 Å². The first-order valence-electron chi connectivity index (χ1n) is 8.93. The van der Waals surface area contributed by atoms with Crippen LogP contribution in [0.1, 0.15) is 12.5 Å². The standard InChI is InChI=1S/C21H18FNO5S2/c1-3-27-18(24)12-28-19-13(6-4-9-16(19)26-2)10-17-20(25)23(21(29)30-17)15-8-5-7-14(22)11-15/h4-11H,3,12H2,1-2H3. The number of nitrogens with zero attached hydrogens (tertiary/aromatic N) is 1. The van der Waals surface area contributed by atoms with Crippen molar-refractivity contribution < 1.29 is 28.2 Å². The van der Waals surface area contributed by atoms with Gasteiger partial charge < -0.3 is 14.2 Å². The summed E-state index contributed by atoms with van der Waals surface area (Å²) in [6, 6.07) is 10.8. The van der Waals surface area contributed by atoms with E-state index in [-0.39, 0.29) is 23.4 Å². The first-order valence-corrected chi connectivity index (χ1v) is 10.2. The number of esters is 1. The second-order valence-electron chi connectivity index (χ2n) is 5.97. The number of hydrogen-bond donors (Lipinski definition) is 0. The number of carbonyl (C=O) groups excluding carboxylic acids is 2. The highest BCUT2D eigenvalue weighted by atomic mass is 32.2. The molecule has 30 heavy (non-hydrogen) atoms. The van der Waals surface area contributed by atoms with Gasteiger partial charge >= 0.3 is 5.97 Å². The van der Waals surface area contributed by atoms with Gasteiger partial charge in [-0.15, -0.1) is 0 Å². The van der Waals surface area contributed by atoms with E-state index >= 15 is 0 Å². The van der Waals surface area contributed by atoms with E-state index in [1.54, 1.807) is 37.3 Å². The van der Waals surface area contributed by atoms with Gasteiger partial charge in [0.05, 0.1) is 24.3 Å². The molecule has 0 atom stereocenters. The average Bonchev–Trinajstić information content (AvgIpc) is 3.00. The molecule has 9 heteroatoms. The number of halogens is 1. The fraction of sp³-hybridized carbons (Fsp3) is 0.190. The van der Waals surface area contributed by atoms with Crippen LogP contribution in [0.5, 0.6) is 11.5 Å². The summed E-state index contributed by atoms with van der Waals surface area (Å²) in [5.41, 5.74) is 0.878. The summed E-state index contributed by atoms with van der Waals surface area (Å²) >= 11 is 6.41. The van der Waals surface area contributed by atoms with Crippen molar-refractivity contribution in [3.05, 3.63) is 58.8 Å². The van der Waals surface area contributed by atoms with E-state index in [2.05, 4.69) is 0 Å². The SMILES string of the molecule is CCOC(=O)COc1c(C=C2SC(=S)N(c3cccc(F)c3)C2=O)cccc1OC. The van der Waals surface area contributed by atoms with E-state index in [0.717, 1.165) is 11.8 Å². The summed E-state index contributed by atoms with van der Waals surface area (Å²) in [5, 5.41) is 0. The predicted octanol–water partition coefficient (Wildman–Crippen LogP) is 4.18. The lowest BCUT2D eigenvalue weighted by molar-refractivity contribution is -0.145. The number of amides is 1. The van der Waals surface area contributed by atoms with Crippen LogP contribution < -0.4 is 14.4 Å². The molecule has 0 saturated carbocycles. The number of thioether (sulfide) groups is 1. The van der Waals surface area contributed by atoms with Gasteiger partial charge in [-0.3, -0.25) is 9.69 Å². The van der Waals surface area contributed by atoms with Crippen molar-refractivity contribution in [1.29, 1.82) is 0 Å². The molecule has 156 valence electrons. The summed E-state index contributed by atoms with van der Waals surface area (Å²) in [7, 11) is 1.47. The van der Waals surface area contributed by atoms with Gasteiger partial charge in [0, 0.05) is 5.56 Å². The lowest BCUT2D eigenvalue weighted by Gasteiger charge is -2.14. The molecule has 0 aromatic heterocycles. The van der Waals surface area contributed by atoms with E-state index in [4.69, 9.17) is 26.4 Å². The first-order chi connectivity index (χ1) is 14.4. The van der Waals surface area contributed by atoms with Crippen molar-refractivity contribution >= 4 is 51.9 Å². The summed E-state index contributed by atoms with van der Waals surface area (Å²) in [6.45, 7) is 1.63. The third kappa shape index (κ3) is 4.80. The fourth-order valence-electron chi connectivity index (χ4n) is 2.74. The number of rotatable bonds is 7. The van der Waals surface area contributed by atoms with Crippen molar-refractivity contribution in [2.75, 3.05) is 25.2 Å². The Morgan fingerprint density at radius 2 is 2.03 bits per heavy atom. The Labute approximate surface area is 182 Å². The van der Waals surface area contributed by atoms with Crippen LogP contribution in [0, 0.1) is 5.82 Å². The predicted molar refractivity (Wildman–Crippen MR) is 117 cm³/mol. The minimum atomic E-state index is -0.521. The third-order valence-corrected chi connectivity index (χ3v) is 5.32. The van der Waals surface area contributed by atoms with Crippen molar-refractivity contribution in [3.63, 3.8) is 0 Å². The minimum Gasteiger partial charge on any atom is -0.493 e. The maximum Gasteiger partial charge on any atom is 0.344 e. The molecule has 1 amide bonds. The molecule has 1 aliphatic rings. The van der Waals surface area contributed by atoms with Crippen molar-refractivity contribution in [3.8, 4) is 11.5 Å². The molecule has 6 nitrogen and oxygen atoms in total. The van der Waals surface area contributed by atoms with Gasteiger partial charge in [0.1, 0.15) is 5.82 Å². The average molecular weight is 448 g/mol. The number of ether oxygens (including phenoxy) is 3. The van der Waals surface area contributed by atoms with Crippen LogP contribution in [0.4, 0.5) is 10.1 Å². The third-order valence-electron chi connectivity index (χ3n) is 4.02. The fourth-order valence-corrected chi connectivity index (χ4v) is 4.03. The molecule has 1 fully saturated rings. The van der Waals surface area contributed by atoms with Gasteiger partial charge in [-0.1, -0.05) is 42.2 Å². The smallest absolute Gasteiger partial charge is 0.344 e. The van der Waals surface area contributed by atoms with Crippen molar-refractivity contribution in [1.82, 2.24) is 0 Å². The molecular formula is C21H18FNO5S2. The van der Waals surface area contributed by atoms with Crippen LogP contribution >= 0.6 is 24.0 Å². The van der Waals surface area contributed by atoms with Gasteiger partial charge in [-0.2, -0.15) is 0 Å². The maximum absolute atomic E-state index is 13.6. The van der Waals surface area contributed by atoms with Crippen LogP contribution in [0.25, 0.3) is 6.08 Å². The van der Waals surface area contributed by atoms with Crippen molar-refractivity contribution in [2.45, 2.75) is 6.92 Å². The Morgan fingerprint density at radius 3 is 2.73 bits per heavy atom. The number of hydrogen-bond acceptors (Lipinski definition) is 7. The summed E-state index contributed by atoms with van der Waals surface area (Å²) in [4.78, 5) is 26.2. The number of carbonyl (C=O) groups is 2. The zero-order chi connectivity index (χ0) is 21.7. The zero-order valence-corrected chi connectivity index (χ0v) is 17.8. The largest absolute Gasteiger partial charge is 0.493 e. The van der Waals surface area contributed by atoms with E-state index < -0.39 is 11.8 Å². The van der Waals surface area contributed by atoms with Gasteiger partial charge in [0.25, 0.3) is 5.91 Å². The second kappa shape index (κ2) is 9.73. The molecule has 0 aliphatic carbocycles. The Bertz CT molecular complexity index is 1020. The molecule has 1 aliphatic heterocycles. The zero-order valence-electron chi connectivity index (χ0n) is 16.2. The highest BCUT2D eigenvalue weighted by molar-refractivity contribution is 8.27. The van der Waals surface area contributed by atoms with Crippen LogP contribution in [-0.4, -0.2) is 36.5 Å². The molecule has 1 saturated heterocycles. The van der Waals surface area contributed by atoms with Gasteiger partial charge in [-0.25, -0.2) is 9.18 Å². The molecule has 0 bridgehead atoms. The number of methoxy groups -OCH3 is 1. The van der Waals surface area contributed by atoms with Crippen LogP contribution in [-0.2, 0) is 14.3 Å². The molecule has 0 unspecified atom stereocenters. The topological polar surface area (TPSA) is 65.1 Å². The Hall–Kier alpha value is -2.91. The molecule has 3 rings (SSSR count). The lowest BCUT2D eigenvalue weighted by atomic mass is 10.1. The number of benzene rings is 2. The molecule has 0 spiro atoms. The molecular weight excluding hydrogens is 429 g/mol. The van der Waals surface area contributed by atoms with Crippen LogP contribution in [0.3, 0.4) is 0 Å². The number of anilines is 1. The van der Waals surface area contributed by atoms with Gasteiger partial charge in [0.15, 0.2) is 22.4 Å². The Kier molecular flexibility index (Phi) is 7.07. The molecule has 2 aromatic rings. The van der Waals surface area contributed by atoms with Gasteiger partial charge in [0.2, 0.25) is 0 Å². The number of para-hydroxylation sites is 1. The van der Waals surface area contributed by atoms with E-state index in [1.807, 2.05) is 0 Å². The number of thiocarbonyl (C=S) groups is 1. The monoisotopic (exact) mass is 447 g/mol. The Balaban J connectivity index is 1.92. The van der Waals surface area contributed by atoms with Crippen molar-refractivity contribution in [2.24, 2.45) is 0 Å².